The van der Waals surface area contributed by atoms with Gasteiger partial charge in [0.05, 0.1) is 31.6 Å². The number of halogens is 1. The SMILES string of the molecule is CNS(=O)(=O)Nc1cccc(CN2C(=O)Oc3cc(Oc4ncco4)ccc3C23COC3)c1F. The lowest BCUT2D eigenvalue weighted by molar-refractivity contribution is -0.143. The van der Waals surface area contributed by atoms with E-state index < -0.39 is 27.7 Å². The first kappa shape index (κ1) is 22.1. The molecule has 1 spiro atoms. The number of aromatic nitrogens is 1. The number of ether oxygens (including phenoxy) is 3. The van der Waals surface area contributed by atoms with Crippen molar-refractivity contribution in [3.05, 3.63) is 65.8 Å². The normalized spacial score (nSPS) is 16.5. The molecule has 1 fully saturated rings. The van der Waals surface area contributed by atoms with E-state index in [9.17, 15) is 13.2 Å². The number of nitrogens with one attached hydrogen (secondary N) is 2. The van der Waals surface area contributed by atoms with Crippen molar-refractivity contribution in [2.75, 3.05) is 25.0 Å². The summed E-state index contributed by atoms with van der Waals surface area (Å²) in [6.45, 7) is 0.197. The highest BCUT2D eigenvalue weighted by Crippen LogP contribution is 2.47. The molecule has 2 aliphatic rings. The molecular weight excluding hydrogens is 471 g/mol. The van der Waals surface area contributed by atoms with E-state index in [2.05, 4.69) is 14.4 Å². The topological polar surface area (TPSA) is 132 Å². The molecule has 1 aromatic heterocycles. The number of carbonyl (C=O) groups excluding carboxylic acids is 1. The molecule has 0 radical (unpaired) electrons. The maximum absolute atomic E-state index is 15.1. The van der Waals surface area contributed by atoms with Gasteiger partial charge in [0.25, 0.3) is 10.2 Å². The molecule has 1 amide bonds. The minimum atomic E-state index is -3.92. The number of rotatable bonds is 7. The number of hydrogen-bond donors (Lipinski definition) is 2. The van der Waals surface area contributed by atoms with E-state index in [1.54, 1.807) is 18.2 Å². The van der Waals surface area contributed by atoms with Gasteiger partial charge in [-0.2, -0.15) is 13.4 Å². The Morgan fingerprint density at radius 3 is 2.76 bits per heavy atom. The molecule has 2 aliphatic heterocycles. The summed E-state index contributed by atoms with van der Waals surface area (Å²) >= 11 is 0. The highest BCUT2D eigenvalue weighted by molar-refractivity contribution is 7.90. The third-order valence-corrected chi connectivity index (χ3v) is 6.63. The maximum Gasteiger partial charge on any atom is 0.416 e. The van der Waals surface area contributed by atoms with Crippen LogP contribution < -0.4 is 18.9 Å². The number of carbonyl (C=O) groups is 1. The van der Waals surface area contributed by atoms with Crippen LogP contribution in [0.5, 0.6) is 17.6 Å². The number of hydrogen-bond acceptors (Lipinski definition) is 8. The van der Waals surface area contributed by atoms with Crippen LogP contribution in [0.15, 0.2) is 53.3 Å². The Hall–Kier alpha value is -3.68. The fourth-order valence-corrected chi connectivity index (χ4v) is 4.38. The predicted molar refractivity (Wildman–Crippen MR) is 115 cm³/mol. The van der Waals surface area contributed by atoms with Gasteiger partial charge < -0.3 is 18.6 Å². The van der Waals surface area contributed by atoms with Crippen molar-refractivity contribution in [3.63, 3.8) is 0 Å². The summed E-state index contributed by atoms with van der Waals surface area (Å²) in [5.41, 5.74) is -0.346. The van der Waals surface area contributed by atoms with Crippen LogP contribution in [-0.4, -0.2) is 44.7 Å². The average molecular weight is 490 g/mol. The second-order valence-electron chi connectivity index (χ2n) is 7.62. The fourth-order valence-electron chi connectivity index (χ4n) is 3.84. The molecule has 13 heteroatoms. The van der Waals surface area contributed by atoms with Gasteiger partial charge in [-0.05, 0) is 18.2 Å². The largest absolute Gasteiger partial charge is 0.417 e. The molecule has 34 heavy (non-hydrogen) atoms. The Labute approximate surface area is 193 Å². The number of fused-ring (bicyclic) bond motifs is 2. The third kappa shape index (κ3) is 3.83. The highest BCUT2D eigenvalue weighted by atomic mass is 32.2. The second kappa shape index (κ2) is 8.27. The zero-order valence-electron chi connectivity index (χ0n) is 17.8. The van der Waals surface area contributed by atoms with Gasteiger partial charge in [-0.3, -0.25) is 9.62 Å². The van der Waals surface area contributed by atoms with Crippen molar-refractivity contribution in [3.8, 4) is 17.6 Å². The molecule has 178 valence electrons. The van der Waals surface area contributed by atoms with Crippen LogP contribution in [0.4, 0.5) is 14.9 Å². The van der Waals surface area contributed by atoms with Crippen molar-refractivity contribution in [2.24, 2.45) is 0 Å². The summed E-state index contributed by atoms with van der Waals surface area (Å²) in [5.74, 6) is -0.164. The first-order valence-corrected chi connectivity index (χ1v) is 11.6. The summed E-state index contributed by atoms with van der Waals surface area (Å²) in [5, 5.41) is 0. The smallest absolute Gasteiger partial charge is 0.416 e. The van der Waals surface area contributed by atoms with Gasteiger partial charge in [-0.1, -0.05) is 12.1 Å². The summed E-state index contributed by atoms with van der Waals surface area (Å²) in [6, 6.07) is 9.20. The van der Waals surface area contributed by atoms with Crippen molar-refractivity contribution in [1.82, 2.24) is 14.6 Å². The van der Waals surface area contributed by atoms with Gasteiger partial charge in [-0.25, -0.2) is 13.9 Å². The van der Waals surface area contributed by atoms with Gasteiger partial charge >= 0.3 is 12.2 Å². The lowest BCUT2D eigenvalue weighted by atomic mass is 9.84. The molecule has 3 heterocycles. The van der Waals surface area contributed by atoms with Gasteiger partial charge in [-0.15, -0.1) is 0 Å². The first-order valence-electron chi connectivity index (χ1n) is 10.1. The van der Waals surface area contributed by atoms with Crippen LogP contribution in [0.2, 0.25) is 0 Å². The Morgan fingerprint density at radius 1 is 1.26 bits per heavy atom. The Kier molecular flexibility index (Phi) is 5.38. The van der Waals surface area contributed by atoms with E-state index in [-0.39, 0.29) is 42.8 Å². The number of oxazole rings is 1. The van der Waals surface area contributed by atoms with Crippen LogP contribution >= 0.6 is 0 Å². The van der Waals surface area contributed by atoms with Crippen molar-refractivity contribution < 1.29 is 36.2 Å². The van der Waals surface area contributed by atoms with E-state index in [1.807, 2.05) is 0 Å². The van der Waals surface area contributed by atoms with Gasteiger partial charge in [0.15, 0.2) is 5.82 Å². The minimum absolute atomic E-state index is 0.0367. The summed E-state index contributed by atoms with van der Waals surface area (Å²) < 4.78 is 64.4. The molecule has 1 saturated heterocycles. The number of nitrogens with zero attached hydrogens (tertiary/aromatic N) is 2. The molecule has 2 N–H and O–H groups in total. The molecule has 0 bridgehead atoms. The van der Waals surface area contributed by atoms with Crippen LogP contribution in [0.3, 0.4) is 0 Å². The molecule has 0 aliphatic carbocycles. The Morgan fingerprint density at radius 2 is 2.09 bits per heavy atom. The van der Waals surface area contributed by atoms with Gasteiger partial charge in [0.1, 0.15) is 23.3 Å². The van der Waals surface area contributed by atoms with Crippen molar-refractivity contribution in [2.45, 2.75) is 12.1 Å². The monoisotopic (exact) mass is 490 g/mol. The maximum atomic E-state index is 15.1. The molecule has 0 atom stereocenters. The minimum Gasteiger partial charge on any atom is -0.417 e. The van der Waals surface area contributed by atoms with Crippen LogP contribution in [0.25, 0.3) is 0 Å². The van der Waals surface area contributed by atoms with Crippen LogP contribution in [-0.2, 0) is 27.0 Å². The van der Waals surface area contributed by atoms with Crippen molar-refractivity contribution in [1.29, 1.82) is 0 Å². The van der Waals surface area contributed by atoms with Gasteiger partial charge in [0, 0.05) is 24.2 Å². The standard InChI is InChI=1S/C21H19FN4O7S/c1-23-34(28,29)25-16-4-2-3-13(18(16)22)10-26-20(27)33-17-9-14(32-19-24-7-8-31-19)5-6-15(17)21(26)11-30-12-21/h2-9,23,25H,10-12H2,1H3. The predicted octanol–water partition coefficient (Wildman–Crippen LogP) is 2.72. The second-order valence-corrected chi connectivity index (χ2v) is 9.24. The molecule has 5 rings (SSSR count). The molecule has 3 aromatic rings. The van der Waals surface area contributed by atoms with Crippen LogP contribution in [0.1, 0.15) is 11.1 Å². The highest BCUT2D eigenvalue weighted by Gasteiger charge is 2.53. The number of benzene rings is 2. The zero-order chi connectivity index (χ0) is 23.9. The molecule has 0 unspecified atom stereocenters. The lowest BCUT2D eigenvalue weighted by Gasteiger charge is -2.51. The number of anilines is 1. The summed E-state index contributed by atoms with van der Waals surface area (Å²) in [4.78, 5) is 18.3. The van der Waals surface area contributed by atoms with Crippen LogP contribution in [0, 0.1) is 5.82 Å². The molecule has 2 aromatic carbocycles. The molecule has 0 saturated carbocycles. The first-order chi connectivity index (χ1) is 16.3. The summed E-state index contributed by atoms with van der Waals surface area (Å²) in [6.07, 6.45) is 2.13. The van der Waals surface area contributed by atoms with E-state index >= 15 is 4.39 Å². The third-order valence-electron chi connectivity index (χ3n) is 5.61. The number of amides is 1. The van der Waals surface area contributed by atoms with E-state index in [0.717, 1.165) is 0 Å². The zero-order valence-corrected chi connectivity index (χ0v) is 18.6. The Balaban J connectivity index is 1.45. The van der Waals surface area contributed by atoms with E-state index in [4.69, 9.17) is 18.6 Å². The van der Waals surface area contributed by atoms with E-state index in [0.29, 0.717) is 11.3 Å². The van der Waals surface area contributed by atoms with E-state index in [1.165, 1.54) is 42.6 Å². The molecular formula is C21H19FN4O7S. The Bertz CT molecular complexity index is 1340. The van der Waals surface area contributed by atoms with Gasteiger partial charge in [0.2, 0.25) is 0 Å². The average Bonchev–Trinajstić information content (AvgIpc) is 3.28. The fraction of sp³-hybridized carbons (Fsp3) is 0.238. The molecule has 11 nitrogen and oxygen atoms in total. The lowest BCUT2D eigenvalue weighted by Crippen LogP contribution is -2.63. The quantitative estimate of drug-likeness (QED) is 0.517. The summed E-state index contributed by atoms with van der Waals surface area (Å²) in [7, 11) is -2.72. The van der Waals surface area contributed by atoms with Crippen molar-refractivity contribution >= 4 is 22.0 Å².